The van der Waals surface area contributed by atoms with Crippen LogP contribution < -0.4 is 10.1 Å². The molecule has 0 aliphatic heterocycles. The van der Waals surface area contributed by atoms with Crippen LogP contribution in [-0.4, -0.2) is 23.5 Å². The molecule has 2 N–H and O–H groups in total. The van der Waals surface area contributed by atoms with Gasteiger partial charge in [0.2, 0.25) is 0 Å². The number of aryl methyl sites for hydroxylation is 2. The highest BCUT2D eigenvalue weighted by Gasteiger charge is 2.27. The van der Waals surface area contributed by atoms with Gasteiger partial charge in [-0.2, -0.15) is 0 Å². The number of ether oxygens (including phenoxy) is 1. The minimum absolute atomic E-state index is 0.0472. The molecule has 0 aromatic heterocycles. The van der Waals surface area contributed by atoms with Crippen LogP contribution in [-0.2, 0) is 4.79 Å². The number of nitrogens with one attached hydrogen (secondary N) is 1. The van der Waals surface area contributed by atoms with E-state index in [2.05, 4.69) is 25.2 Å². The van der Waals surface area contributed by atoms with E-state index in [4.69, 9.17) is 21.4 Å². The SMILES string of the molecule is CCC[C@H](c1ccc(C(=O)NCCC(=O)O)cc1)[C@@H](Oc1ccc(C)cc1C)c1ccc(Cl)cc1. The lowest BCUT2D eigenvalue weighted by Gasteiger charge is -2.30. The van der Waals surface area contributed by atoms with Crippen LogP contribution in [0.5, 0.6) is 5.75 Å². The maximum Gasteiger partial charge on any atom is 0.305 e. The Morgan fingerprint density at radius 1 is 0.971 bits per heavy atom. The zero-order valence-corrected chi connectivity index (χ0v) is 21.1. The minimum Gasteiger partial charge on any atom is -0.485 e. The molecule has 35 heavy (non-hydrogen) atoms. The average Bonchev–Trinajstić information content (AvgIpc) is 2.83. The summed E-state index contributed by atoms with van der Waals surface area (Å²) in [6.45, 7) is 6.35. The summed E-state index contributed by atoms with van der Waals surface area (Å²) >= 11 is 6.17. The van der Waals surface area contributed by atoms with Gasteiger partial charge in [0, 0.05) is 23.0 Å². The zero-order chi connectivity index (χ0) is 25.4. The van der Waals surface area contributed by atoms with Gasteiger partial charge in [-0.3, -0.25) is 9.59 Å². The molecule has 0 radical (unpaired) electrons. The van der Waals surface area contributed by atoms with E-state index in [1.807, 2.05) is 55.5 Å². The standard InChI is InChI=1S/C29H32ClNO4/c1-4-5-25(21-7-9-23(10-8-21)29(34)31-17-16-27(32)33)28(22-11-13-24(30)14-12-22)35-26-15-6-19(2)18-20(26)3/h6-15,18,25,28H,4-5,16-17H2,1-3H3,(H,31,34)(H,32,33)/t25-,28+/m1/s1. The highest BCUT2D eigenvalue weighted by molar-refractivity contribution is 6.30. The number of hydrogen-bond acceptors (Lipinski definition) is 3. The molecule has 1 amide bonds. The Morgan fingerprint density at radius 3 is 2.23 bits per heavy atom. The lowest BCUT2D eigenvalue weighted by atomic mass is 9.85. The third-order valence-electron chi connectivity index (χ3n) is 5.97. The Bertz CT molecular complexity index is 1140. The summed E-state index contributed by atoms with van der Waals surface area (Å²) in [5, 5.41) is 12.1. The summed E-state index contributed by atoms with van der Waals surface area (Å²) in [5.74, 6) is -0.345. The van der Waals surface area contributed by atoms with Crippen LogP contribution in [0.15, 0.2) is 66.7 Å². The lowest BCUT2D eigenvalue weighted by molar-refractivity contribution is -0.136. The van der Waals surface area contributed by atoms with Crippen molar-refractivity contribution in [2.24, 2.45) is 0 Å². The van der Waals surface area contributed by atoms with Crippen molar-refractivity contribution in [3.8, 4) is 5.75 Å². The molecule has 0 aliphatic rings. The molecule has 5 nitrogen and oxygen atoms in total. The number of carboxylic acids is 1. The Kier molecular flexibility index (Phi) is 9.32. The van der Waals surface area contributed by atoms with Crippen molar-refractivity contribution in [1.82, 2.24) is 5.32 Å². The number of carbonyl (C=O) groups excluding carboxylic acids is 1. The second-order valence-electron chi connectivity index (χ2n) is 8.78. The highest BCUT2D eigenvalue weighted by atomic mass is 35.5. The largest absolute Gasteiger partial charge is 0.485 e. The monoisotopic (exact) mass is 493 g/mol. The number of hydrogen-bond donors (Lipinski definition) is 2. The molecule has 0 unspecified atom stereocenters. The van der Waals surface area contributed by atoms with Gasteiger partial charge in [0.05, 0.1) is 6.42 Å². The first kappa shape index (κ1) is 26.3. The molecule has 0 fully saturated rings. The van der Waals surface area contributed by atoms with Crippen LogP contribution in [0, 0.1) is 13.8 Å². The quantitative estimate of drug-likeness (QED) is 0.305. The third kappa shape index (κ3) is 7.33. The van der Waals surface area contributed by atoms with Crippen LogP contribution >= 0.6 is 11.6 Å². The van der Waals surface area contributed by atoms with Gasteiger partial charge >= 0.3 is 5.97 Å². The molecular formula is C29H32ClNO4. The first-order valence-electron chi connectivity index (χ1n) is 11.9. The van der Waals surface area contributed by atoms with Crippen molar-refractivity contribution in [3.63, 3.8) is 0 Å². The molecule has 0 aliphatic carbocycles. The van der Waals surface area contributed by atoms with Gasteiger partial charge in [0.15, 0.2) is 0 Å². The first-order valence-corrected chi connectivity index (χ1v) is 12.3. The van der Waals surface area contributed by atoms with E-state index in [0.29, 0.717) is 10.6 Å². The van der Waals surface area contributed by atoms with Crippen LogP contribution in [0.2, 0.25) is 5.02 Å². The summed E-state index contributed by atoms with van der Waals surface area (Å²) in [7, 11) is 0. The molecule has 3 aromatic carbocycles. The molecule has 0 saturated carbocycles. The predicted molar refractivity (Wildman–Crippen MR) is 139 cm³/mol. The summed E-state index contributed by atoms with van der Waals surface area (Å²) in [6.07, 6.45) is 1.50. The first-order chi connectivity index (χ1) is 16.8. The van der Waals surface area contributed by atoms with E-state index in [0.717, 1.165) is 35.3 Å². The normalized spacial score (nSPS) is 12.6. The topological polar surface area (TPSA) is 75.6 Å². The summed E-state index contributed by atoms with van der Waals surface area (Å²) in [5.41, 5.74) is 4.85. The van der Waals surface area contributed by atoms with Crippen molar-refractivity contribution in [3.05, 3.63) is 99.6 Å². The molecular weight excluding hydrogens is 462 g/mol. The molecule has 3 rings (SSSR count). The maximum atomic E-state index is 12.4. The number of benzene rings is 3. The predicted octanol–water partition coefficient (Wildman–Crippen LogP) is 6.87. The number of carbonyl (C=O) groups is 2. The molecule has 184 valence electrons. The number of amides is 1. The second-order valence-corrected chi connectivity index (χ2v) is 9.21. The van der Waals surface area contributed by atoms with Crippen LogP contribution in [0.25, 0.3) is 0 Å². The zero-order valence-electron chi connectivity index (χ0n) is 20.4. The maximum absolute atomic E-state index is 12.4. The van der Waals surface area contributed by atoms with Gasteiger partial charge in [-0.25, -0.2) is 0 Å². The van der Waals surface area contributed by atoms with E-state index in [1.165, 1.54) is 5.56 Å². The van der Waals surface area contributed by atoms with E-state index in [9.17, 15) is 9.59 Å². The van der Waals surface area contributed by atoms with Crippen molar-refractivity contribution >= 4 is 23.5 Å². The van der Waals surface area contributed by atoms with Crippen LogP contribution in [0.3, 0.4) is 0 Å². The van der Waals surface area contributed by atoms with Crippen molar-refractivity contribution in [2.45, 2.75) is 52.1 Å². The van der Waals surface area contributed by atoms with Gasteiger partial charge in [0.1, 0.15) is 11.9 Å². The Balaban J connectivity index is 1.91. The molecule has 2 atom stereocenters. The minimum atomic E-state index is -0.944. The van der Waals surface area contributed by atoms with E-state index in [1.54, 1.807) is 12.1 Å². The second kappa shape index (κ2) is 12.4. The highest BCUT2D eigenvalue weighted by Crippen LogP contribution is 2.39. The molecule has 6 heteroatoms. The fraction of sp³-hybridized carbons (Fsp3) is 0.310. The van der Waals surface area contributed by atoms with E-state index < -0.39 is 5.97 Å². The van der Waals surface area contributed by atoms with Gasteiger partial charge in [-0.15, -0.1) is 0 Å². The summed E-state index contributed by atoms with van der Waals surface area (Å²) in [6, 6.07) is 21.4. The van der Waals surface area contributed by atoms with Gasteiger partial charge in [0.25, 0.3) is 5.91 Å². The number of rotatable bonds is 11. The number of carboxylic acid groups (broad SMARTS) is 1. The molecule has 0 heterocycles. The molecule has 0 spiro atoms. The van der Waals surface area contributed by atoms with E-state index >= 15 is 0 Å². The smallest absolute Gasteiger partial charge is 0.305 e. The Morgan fingerprint density at radius 2 is 1.63 bits per heavy atom. The molecule has 0 saturated heterocycles. The Labute approximate surface area is 212 Å². The van der Waals surface area contributed by atoms with Gasteiger partial charge in [-0.1, -0.05) is 66.9 Å². The van der Waals surface area contributed by atoms with Crippen molar-refractivity contribution < 1.29 is 19.4 Å². The average molecular weight is 494 g/mol. The molecule has 3 aromatic rings. The van der Waals surface area contributed by atoms with Crippen molar-refractivity contribution in [1.29, 1.82) is 0 Å². The van der Waals surface area contributed by atoms with E-state index in [-0.39, 0.29) is 30.9 Å². The van der Waals surface area contributed by atoms with Crippen LogP contribution in [0.4, 0.5) is 0 Å². The Hall–Kier alpha value is -3.31. The number of halogens is 1. The van der Waals surface area contributed by atoms with Crippen LogP contribution in [0.1, 0.15) is 70.8 Å². The van der Waals surface area contributed by atoms with Gasteiger partial charge < -0.3 is 15.2 Å². The molecule has 0 bridgehead atoms. The van der Waals surface area contributed by atoms with Gasteiger partial charge in [-0.05, 0) is 67.3 Å². The third-order valence-corrected chi connectivity index (χ3v) is 6.23. The summed E-state index contributed by atoms with van der Waals surface area (Å²) < 4.78 is 6.67. The van der Waals surface area contributed by atoms with Crippen molar-refractivity contribution in [2.75, 3.05) is 6.54 Å². The number of aliphatic carboxylic acids is 1. The lowest BCUT2D eigenvalue weighted by Crippen LogP contribution is -2.26. The fourth-order valence-electron chi connectivity index (χ4n) is 4.17. The fourth-order valence-corrected chi connectivity index (χ4v) is 4.30. The summed E-state index contributed by atoms with van der Waals surface area (Å²) in [4.78, 5) is 23.1.